The van der Waals surface area contributed by atoms with Crippen LogP contribution in [0, 0.1) is 0 Å². The Balaban J connectivity index is 1.53. The number of benzene rings is 1. The van der Waals surface area contributed by atoms with Gasteiger partial charge in [0.05, 0.1) is 6.20 Å². The number of aryl methyl sites for hydroxylation is 1. The van der Waals surface area contributed by atoms with Crippen LogP contribution >= 0.6 is 0 Å². The molecule has 138 valence electrons. The molecule has 1 aromatic heterocycles. The zero-order valence-electron chi connectivity index (χ0n) is 14.7. The van der Waals surface area contributed by atoms with Gasteiger partial charge in [-0.1, -0.05) is 30.3 Å². The van der Waals surface area contributed by atoms with Gasteiger partial charge in [-0.3, -0.25) is 9.58 Å². The maximum Gasteiger partial charge on any atom is 0.331 e. The van der Waals surface area contributed by atoms with Gasteiger partial charge in [0, 0.05) is 51.5 Å². The Kier molecular flexibility index (Phi) is 5.52. The Morgan fingerprint density at radius 3 is 2.46 bits per heavy atom. The van der Waals surface area contributed by atoms with Crippen molar-refractivity contribution >= 4 is 12.0 Å². The fourth-order valence-corrected chi connectivity index (χ4v) is 3.04. The molecule has 8 nitrogen and oxygen atoms in total. The van der Waals surface area contributed by atoms with Crippen molar-refractivity contribution in [3.05, 3.63) is 53.9 Å². The quantitative estimate of drug-likeness (QED) is 0.835. The number of carbonyl (C=O) groups excluding carboxylic acids is 1. The Bertz CT molecular complexity index is 753. The van der Waals surface area contributed by atoms with Gasteiger partial charge in [0.25, 0.3) is 0 Å². The predicted molar refractivity (Wildman–Crippen MR) is 95.4 cm³/mol. The fraction of sp³-hybridized carbons (Fsp3) is 0.389. The van der Waals surface area contributed by atoms with Gasteiger partial charge in [0.1, 0.15) is 0 Å². The molecule has 1 atom stereocenters. The van der Waals surface area contributed by atoms with Crippen molar-refractivity contribution in [1.82, 2.24) is 24.9 Å². The molecular formula is C18H23N5O3. The Morgan fingerprint density at radius 2 is 1.88 bits per heavy atom. The summed E-state index contributed by atoms with van der Waals surface area (Å²) in [5.74, 6) is -1.10. The molecule has 0 saturated carbocycles. The van der Waals surface area contributed by atoms with E-state index in [1.807, 2.05) is 18.2 Å². The minimum absolute atomic E-state index is 0.361. The van der Waals surface area contributed by atoms with Crippen LogP contribution in [-0.4, -0.2) is 62.9 Å². The second-order valence-corrected chi connectivity index (χ2v) is 6.42. The number of aromatic nitrogens is 2. The first kappa shape index (κ1) is 17.9. The fourth-order valence-electron chi connectivity index (χ4n) is 3.04. The second-order valence-electron chi connectivity index (χ2n) is 6.42. The molecule has 1 aromatic carbocycles. The number of carboxylic acid groups (broad SMARTS) is 1. The summed E-state index contributed by atoms with van der Waals surface area (Å²) in [6.45, 7) is 3.50. The summed E-state index contributed by atoms with van der Waals surface area (Å²) < 4.78 is 1.51. The van der Waals surface area contributed by atoms with E-state index in [0.29, 0.717) is 18.7 Å². The predicted octanol–water partition coefficient (Wildman–Crippen LogP) is 1.07. The number of piperazine rings is 1. The Hall–Kier alpha value is -2.87. The first-order valence-corrected chi connectivity index (χ1v) is 8.56. The van der Waals surface area contributed by atoms with E-state index in [2.05, 4.69) is 27.4 Å². The molecule has 1 aliphatic rings. The molecule has 0 radical (unpaired) electrons. The number of nitrogens with one attached hydrogen (secondary N) is 1. The number of rotatable bonds is 5. The van der Waals surface area contributed by atoms with Crippen molar-refractivity contribution in [2.24, 2.45) is 7.05 Å². The number of nitrogens with zero attached hydrogens (tertiary/aromatic N) is 4. The summed E-state index contributed by atoms with van der Waals surface area (Å²) in [6, 6.07) is 8.74. The topological polar surface area (TPSA) is 90.7 Å². The van der Waals surface area contributed by atoms with E-state index in [-0.39, 0.29) is 6.03 Å². The Labute approximate surface area is 152 Å². The second kappa shape index (κ2) is 8.01. The molecule has 2 N–H and O–H groups in total. The van der Waals surface area contributed by atoms with E-state index < -0.39 is 12.0 Å². The van der Waals surface area contributed by atoms with Crippen molar-refractivity contribution in [2.75, 3.05) is 26.2 Å². The summed E-state index contributed by atoms with van der Waals surface area (Å²) in [5.41, 5.74) is 1.70. The first-order valence-electron chi connectivity index (χ1n) is 8.56. The van der Waals surface area contributed by atoms with Gasteiger partial charge in [0.15, 0.2) is 6.04 Å². The van der Waals surface area contributed by atoms with Crippen LogP contribution in [0.2, 0.25) is 0 Å². The standard InChI is InChI=1S/C18H23N5O3/c1-21-13-15(11-19-21)16(17(24)25)20-18(26)23-9-7-22(8-10-23)12-14-5-3-2-4-6-14/h2-6,11,13,16H,7-10,12H2,1H3,(H,20,26)(H,24,25). The van der Waals surface area contributed by atoms with Gasteiger partial charge in [-0.25, -0.2) is 9.59 Å². The van der Waals surface area contributed by atoms with Gasteiger partial charge in [0.2, 0.25) is 0 Å². The number of hydrogen-bond acceptors (Lipinski definition) is 4. The van der Waals surface area contributed by atoms with Crippen molar-refractivity contribution in [1.29, 1.82) is 0 Å². The van der Waals surface area contributed by atoms with Crippen LogP contribution < -0.4 is 5.32 Å². The molecule has 1 fully saturated rings. The molecule has 0 spiro atoms. The third-order valence-corrected chi connectivity index (χ3v) is 4.48. The summed E-state index contributed by atoms with van der Waals surface area (Å²) in [7, 11) is 1.70. The van der Waals surface area contributed by atoms with Crippen LogP contribution in [0.3, 0.4) is 0 Å². The third kappa shape index (κ3) is 4.40. The lowest BCUT2D eigenvalue weighted by molar-refractivity contribution is -0.139. The third-order valence-electron chi connectivity index (χ3n) is 4.48. The zero-order chi connectivity index (χ0) is 18.5. The number of carbonyl (C=O) groups is 2. The number of aliphatic carboxylic acids is 1. The summed E-state index contributed by atoms with van der Waals surface area (Å²) >= 11 is 0. The molecule has 2 aromatic rings. The highest BCUT2D eigenvalue weighted by Crippen LogP contribution is 2.14. The highest BCUT2D eigenvalue weighted by molar-refractivity contribution is 5.83. The van der Waals surface area contributed by atoms with E-state index in [0.717, 1.165) is 19.6 Å². The number of urea groups is 1. The molecule has 1 aliphatic heterocycles. The van der Waals surface area contributed by atoms with Gasteiger partial charge >= 0.3 is 12.0 Å². The van der Waals surface area contributed by atoms with Crippen LogP contribution in [0.15, 0.2) is 42.7 Å². The van der Waals surface area contributed by atoms with Crippen LogP contribution in [0.5, 0.6) is 0 Å². The van der Waals surface area contributed by atoms with Gasteiger partial charge in [-0.2, -0.15) is 5.10 Å². The molecule has 3 rings (SSSR count). The maximum absolute atomic E-state index is 12.5. The first-order chi connectivity index (χ1) is 12.5. The molecule has 1 unspecified atom stereocenters. The van der Waals surface area contributed by atoms with E-state index in [1.165, 1.54) is 16.4 Å². The summed E-state index contributed by atoms with van der Waals surface area (Å²) in [5, 5.41) is 16.0. The van der Waals surface area contributed by atoms with E-state index >= 15 is 0 Å². The van der Waals surface area contributed by atoms with Crippen LogP contribution in [0.4, 0.5) is 4.79 Å². The van der Waals surface area contributed by atoms with Gasteiger partial charge in [-0.15, -0.1) is 0 Å². The normalized spacial score (nSPS) is 16.3. The van der Waals surface area contributed by atoms with Gasteiger partial charge < -0.3 is 15.3 Å². The van der Waals surface area contributed by atoms with Crippen molar-refractivity contribution in [3.8, 4) is 0 Å². The van der Waals surface area contributed by atoms with E-state index in [4.69, 9.17) is 0 Å². The zero-order valence-corrected chi connectivity index (χ0v) is 14.7. The minimum Gasteiger partial charge on any atom is -0.479 e. The van der Waals surface area contributed by atoms with E-state index in [9.17, 15) is 14.7 Å². The molecule has 8 heteroatoms. The smallest absolute Gasteiger partial charge is 0.331 e. The van der Waals surface area contributed by atoms with Crippen LogP contribution in [-0.2, 0) is 18.4 Å². The lowest BCUT2D eigenvalue weighted by Gasteiger charge is -2.35. The molecule has 0 bridgehead atoms. The summed E-state index contributed by atoms with van der Waals surface area (Å²) in [6.07, 6.45) is 3.05. The number of amides is 2. The highest BCUT2D eigenvalue weighted by atomic mass is 16.4. The number of carboxylic acids is 1. The Morgan fingerprint density at radius 1 is 1.19 bits per heavy atom. The average molecular weight is 357 g/mol. The molecule has 0 aliphatic carbocycles. The highest BCUT2D eigenvalue weighted by Gasteiger charge is 2.27. The molecular weight excluding hydrogens is 334 g/mol. The summed E-state index contributed by atoms with van der Waals surface area (Å²) in [4.78, 5) is 27.9. The molecule has 2 heterocycles. The van der Waals surface area contributed by atoms with Crippen molar-refractivity contribution in [3.63, 3.8) is 0 Å². The molecule has 1 saturated heterocycles. The van der Waals surface area contributed by atoms with Crippen LogP contribution in [0.1, 0.15) is 17.2 Å². The molecule has 2 amide bonds. The van der Waals surface area contributed by atoms with Crippen molar-refractivity contribution < 1.29 is 14.7 Å². The monoisotopic (exact) mass is 357 g/mol. The molecule has 26 heavy (non-hydrogen) atoms. The van der Waals surface area contributed by atoms with E-state index in [1.54, 1.807) is 18.1 Å². The number of hydrogen-bond donors (Lipinski definition) is 2. The lowest BCUT2D eigenvalue weighted by atomic mass is 10.1. The minimum atomic E-state index is -1.10. The average Bonchev–Trinajstić information content (AvgIpc) is 3.06. The lowest BCUT2D eigenvalue weighted by Crippen LogP contribution is -2.52. The largest absolute Gasteiger partial charge is 0.479 e. The SMILES string of the molecule is Cn1cc(C(NC(=O)N2CCN(Cc3ccccc3)CC2)C(=O)O)cn1. The maximum atomic E-state index is 12.5. The van der Waals surface area contributed by atoms with Gasteiger partial charge in [-0.05, 0) is 5.56 Å². The van der Waals surface area contributed by atoms with Crippen LogP contribution in [0.25, 0.3) is 0 Å². The van der Waals surface area contributed by atoms with Crippen molar-refractivity contribution in [2.45, 2.75) is 12.6 Å².